The number of nitrogens with one attached hydrogen (secondary N) is 2. The summed E-state index contributed by atoms with van der Waals surface area (Å²) >= 11 is 0. The maximum Gasteiger partial charge on any atom is 0.250 e. The molecule has 1 unspecified atom stereocenters. The van der Waals surface area contributed by atoms with E-state index in [4.69, 9.17) is 4.74 Å². The number of hydrogen-bond donors (Lipinski definition) is 2. The maximum absolute atomic E-state index is 12.0. The molecule has 1 aromatic carbocycles. The molecule has 0 radical (unpaired) electrons. The number of nitrogens with zero attached hydrogens (tertiary/aromatic N) is 3. The van der Waals surface area contributed by atoms with E-state index in [2.05, 4.69) is 38.7 Å². The lowest BCUT2D eigenvalue weighted by Gasteiger charge is -2.29. The predicted molar refractivity (Wildman–Crippen MR) is 131 cm³/mol. The van der Waals surface area contributed by atoms with Gasteiger partial charge in [0.2, 0.25) is 0 Å². The van der Waals surface area contributed by atoms with Crippen LogP contribution < -0.4 is 20.9 Å². The number of guanidine groups is 1. The number of pyridine rings is 1. The number of methoxy groups -OCH3 is 1. The summed E-state index contributed by atoms with van der Waals surface area (Å²) < 4.78 is 7.28. The molecule has 1 atom stereocenters. The summed E-state index contributed by atoms with van der Waals surface area (Å²) in [5.74, 6) is 1.70. The molecule has 1 fully saturated rings. The van der Waals surface area contributed by atoms with Crippen molar-refractivity contribution in [2.75, 3.05) is 40.3 Å². The van der Waals surface area contributed by atoms with Gasteiger partial charge in [-0.1, -0.05) is 18.2 Å². The molecule has 2 N–H and O–H groups in total. The molecule has 1 aliphatic heterocycles. The molecule has 32 heavy (non-hydrogen) atoms. The summed E-state index contributed by atoms with van der Waals surface area (Å²) in [6, 6.07) is 14.0. The largest absolute Gasteiger partial charge is 0.497 e. The second-order valence-electron chi connectivity index (χ2n) is 8.28. The zero-order valence-corrected chi connectivity index (χ0v) is 19.6. The summed E-state index contributed by atoms with van der Waals surface area (Å²) in [5, 5.41) is 6.92. The van der Waals surface area contributed by atoms with Crippen LogP contribution >= 0.6 is 0 Å². The van der Waals surface area contributed by atoms with Crippen LogP contribution in [-0.2, 0) is 6.54 Å². The van der Waals surface area contributed by atoms with Crippen LogP contribution in [-0.4, -0.2) is 55.8 Å². The van der Waals surface area contributed by atoms with Crippen molar-refractivity contribution in [2.45, 2.75) is 45.2 Å². The number of hydrogen-bond acceptors (Lipinski definition) is 4. The van der Waals surface area contributed by atoms with Crippen molar-refractivity contribution >= 4 is 5.96 Å². The number of aryl methyl sites for hydroxylation is 1. The van der Waals surface area contributed by atoms with E-state index in [1.54, 1.807) is 20.2 Å². The zero-order chi connectivity index (χ0) is 22.8. The van der Waals surface area contributed by atoms with Crippen molar-refractivity contribution in [2.24, 2.45) is 4.99 Å². The van der Waals surface area contributed by atoms with Gasteiger partial charge in [-0.15, -0.1) is 0 Å². The average Bonchev–Trinajstić information content (AvgIpc) is 3.34. The lowest BCUT2D eigenvalue weighted by Crippen LogP contribution is -2.43. The third-order valence-corrected chi connectivity index (χ3v) is 6.12. The van der Waals surface area contributed by atoms with Crippen molar-refractivity contribution in [3.63, 3.8) is 0 Å². The van der Waals surface area contributed by atoms with E-state index < -0.39 is 0 Å². The van der Waals surface area contributed by atoms with Gasteiger partial charge < -0.3 is 19.9 Å². The Morgan fingerprint density at radius 3 is 2.62 bits per heavy atom. The maximum atomic E-state index is 12.0. The van der Waals surface area contributed by atoms with E-state index in [1.807, 2.05) is 29.7 Å². The molecule has 0 spiro atoms. The van der Waals surface area contributed by atoms with Crippen LogP contribution in [0.25, 0.3) is 0 Å². The van der Waals surface area contributed by atoms with Gasteiger partial charge in [-0.25, -0.2) is 0 Å². The Morgan fingerprint density at radius 1 is 1.12 bits per heavy atom. The van der Waals surface area contributed by atoms with Gasteiger partial charge in [-0.05, 0) is 69.5 Å². The molecule has 0 amide bonds. The highest BCUT2D eigenvalue weighted by molar-refractivity contribution is 5.79. The molecule has 3 rings (SSSR count). The molecule has 1 aromatic heterocycles. The topological polar surface area (TPSA) is 70.9 Å². The molecule has 7 heteroatoms. The molecule has 0 saturated carbocycles. The van der Waals surface area contributed by atoms with Gasteiger partial charge in [0.05, 0.1) is 13.2 Å². The fourth-order valence-corrected chi connectivity index (χ4v) is 4.29. The number of benzene rings is 1. The second kappa shape index (κ2) is 12.3. The number of ether oxygens (including phenoxy) is 1. The average molecular weight is 440 g/mol. The quantitative estimate of drug-likeness (QED) is 0.338. The second-order valence-corrected chi connectivity index (χ2v) is 8.28. The Kier molecular flexibility index (Phi) is 9.16. The molecule has 1 saturated heterocycles. The Hall–Kier alpha value is -2.80. The lowest BCUT2D eigenvalue weighted by molar-refractivity contribution is 0.245. The van der Waals surface area contributed by atoms with Gasteiger partial charge in [0.15, 0.2) is 5.96 Å². The third kappa shape index (κ3) is 6.60. The minimum atomic E-state index is 0.0703. The van der Waals surface area contributed by atoms with Crippen molar-refractivity contribution in [3.05, 3.63) is 64.1 Å². The lowest BCUT2D eigenvalue weighted by atomic mass is 10.1. The predicted octanol–water partition coefficient (Wildman–Crippen LogP) is 2.95. The smallest absolute Gasteiger partial charge is 0.250 e. The van der Waals surface area contributed by atoms with Gasteiger partial charge in [-0.3, -0.25) is 14.7 Å². The molecule has 0 aliphatic carbocycles. The molecular weight excluding hydrogens is 402 g/mol. The Bertz CT molecular complexity index is 934. The van der Waals surface area contributed by atoms with Gasteiger partial charge in [0, 0.05) is 38.4 Å². The molecule has 2 aromatic rings. The summed E-state index contributed by atoms with van der Waals surface area (Å²) in [4.78, 5) is 18.9. The van der Waals surface area contributed by atoms with Crippen LogP contribution in [0.2, 0.25) is 0 Å². The SMILES string of the molecule is CN=C(NCCCCn1c(C)cccc1=O)NCC(c1cccc(OC)c1)N1CCCC1. The zero-order valence-electron chi connectivity index (χ0n) is 19.6. The first-order valence-electron chi connectivity index (χ1n) is 11.6. The van der Waals surface area contributed by atoms with Gasteiger partial charge >= 0.3 is 0 Å². The number of aliphatic imine (C=N–C) groups is 1. The van der Waals surface area contributed by atoms with Crippen molar-refractivity contribution < 1.29 is 4.74 Å². The normalized spacial score (nSPS) is 15.5. The summed E-state index contributed by atoms with van der Waals surface area (Å²) in [6.07, 6.45) is 4.40. The van der Waals surface area contributed by atoms with Gasteiger partial charge in [0.1, 0.15) is 5.75 Å². The van der Waals surface area contributed by atoms with Crippen LogP contribution in [0, 0.1) is 6.92 Å². The van der Waals surface area contributed by atoms with Crippen LogP contribution in [0.5, 0.6) is 5.75 Å². The molecule has 1 aliphatic rings. The minimum Gasteiger partial charge on any atom is -0.497 e. The van der Waals surface area contributed by atoms with E-state index in [1.165, 1.54) is 18.4 Å². The molecule has 2 heterocycles. The standard InChI is InChI=1S/C25H37N5O2/c1-20-10-8-13-24(31)30(20)17-5-4-14-27-25(26-2)28-19-23(29-15-6-7-16-29)21-11-9-12-22(18-21)32-3/h8-13,18,23H,4-7,14-17,19H2,1-3H3,(H2,26,27,28). The molecule has 7 nitrogen and oxygen atoms in total. The first-order chi connectivity index (χ1) is 15.6. The summed E-state index contributed by atoms with van der Waals surface area (Å²) in [6.45, 7) is 6.55. The number of likely N-dealkylation sites (tertiary alicyclic amines) is 1. The van der Waals surface area contributed by atoms with E-state index >= 15 is 0 Å². The van der Waals surface area contributed by atoms with Crippen molar-refractivity contribution in [3.8, 4) is 5.75 Å². The first-order valence-corrected chi connectivity index (χ1v) is 11.6. The highest BCUT2D eigenvalue weighted by atomic mass is 16.5. The van der Waals surface area contributed by atoms with Crippen LogP contribution in [0.1, 0.15) is 43.0 Å². The first kappa shape index (κ1) is 23.9. The highest BCUT2D eigenvalue weighted by Gasteiger charge is 2.24. The third-order valence-electron chi connectivity index (χ3n) is 6.12. The molecule has 0 bridgehead atoms. The van der Waals surface area contributed by atoms with Crippen molar-refractivity contribution in [1.82, 2.24) is 20.1 Å². The van der Waals surface area contributed by atoms with Gasteiger partial charge in [-0.2, -0.15) is 0 Å². The van der Waals surface area contributed by atoms with E-state index in [0.717, 1.165) is 63.0 Å². The number of rotatable bonds is 10. The van der Waals surface area contributed by atoms with Crippen LogP contribution in [0.15, 0.2) is 52.3 Å². The van der Waals surface area contributed by atoms with E-state index in [9.17, 15) is 4.79 Å². The highest BCUT2D eigenvalue weighted by Crippen LogP contribution is 2.27. The molecular formula is C25H37N5O2. The summed E-state index contributed by atoms with van der Waals surface area (Å²) in [7, 11) is 3.52. The number of aromatic nitrogens is 1. The van der Waals surface area contributed by atoms with E-state index in [-0.39, 0.29) is 11.6 Å². The fourth-order valence-electron chi connectivity index (χ4n) is 4.29. The van der Waals surface area contributed by atoms with Crippen molar-refractivity contribution in [1.29, 1.82) is 0 Å². The van der Waals surface area contributed by atoms with Crippen LogP contribution in [0.3, 0.4) is 0 Å². The van der Waals surface area contributed by atoms with Crippen LogP contribution in [0.4, 0.5) is 0 Å². The summed E-state index contributed by atoms with van der Waals surface area (Å²) in [5.41, 5.74) is 2.34. The molecule has 174 valence electrons. The van der Waals surface area contributed by atoms with Gasteiger partial charge in [0.25, 0.3) is 5.56 Å². The minimum absolute atomic E-state index is 0.0703. The van der Waals surface area contributed by atoms with E-state index in [0.29, 0.717) is 0 Å². The number of unbranched alkanes of at least 4 members (excludes halogenated alkanes) is 1. The Morgan fingerprint density at radius 2 is 1.91 bits per heavy atom. The monoisotopic (exact) mass is 439 g/mol. The Labute approximate surface area is 191 Å². The fraction of sp³-hybridized carbons (Fsp3) is 0.520. The Balaban J connectivity index is 1.49.